The van der Waals surface area contributed by atoms with Crippen molar-refractivity contribution in [2.24, 2.45) is 5.92 Å². The molecule has 0 saturated carbocycles. The van der Waals surface area contributed by atoms with E-state index in [9.17, 15) is 9.90 Å². The largest absolute Gasteiger partial charge is 0.393 e. The van der Waals surface area contributed by atoms with Crippen LogP contribution >= 0.6 is 0 Å². The Balaban J connectivity index is 3.07. The highest BCUT2D eigenvalue weighted by Gasteiger charge is 2.02. The number of rotatable bonds is 10. The lowest BCUT2D eigenvalue weighted by molar-refractivity contribution is -0.109. The molecule has 1 N–H and O–H groups in total. The zero-order chi connectivity index (χ0) is 11.5. The van der Waals surface area contributed by atoms with Crippen LogP contribution in [-0.4, -0.2) is 17.5 Å². The molecule has 0 aromatic carbocycles. The standard InChI is InChI=1S/C13H26O2/c1-12(2)8-6-4-3-5-7-9-13(15)10-11-14/h11-13,15H,3-10H2,1-2H3. The highest BCUT2D eigenvalue weighted by molar-refractivity contribution is 5.49. The van der Waals surface area contributed by atoms with Crippen LogP contribution in [0.25, 0.3) is 0 Å². The SMILES string of the molecule is CC(C)CCCCCCCC(O)CC=O. The Morgan fingerprint density at radius 3 is 2.07 bits per heavy atom. The molecule has 0 aliphatic heterocycles. The van der Waals surface area contributed by atoms with Crippen LogP contribution < -0.4 is 0 Å². The van der Waals surface area contributed by atoms with Crippen LogP contribution in [0.2, 0.25) is 0 Å². The molecule has 15 heavy (non-hydrogen) atoms. The second-order valence-electron chi connectivity index (χ2n) is 4.80. The molecule has 1 unspecified atom stereocenters. The fourth-order valence-corrected chi connectivity index (χ4v) is 1.69. The molecule has 90 valence electrons. The van der Waals surface area contributed by atoms with Crippen molar-refractivity contribution in [1.29, 1.82) is 0 Å². The minimum atomic E-state index is -0.404. The van der Waals surface area contributed by atoms with Gasteiger partial charge in [0.1, 0.15) is 6.29 Å². The molecule has 0 saturated heterocycles. The number of hydrogen-bond donors (Lipinski definition) is 1. The maximum atomic E-state index is 10.1. The fraction of sp³-hybridized carbons (Fsp3) is 0.923. The van der Waals surface area contributed by atoms with Crippen LogP contribution in [0.1, 0.15) is 65.2 Å². The summed E-state index contributed by atoms with van der Waals surface area (Å²) in [5.74, 6) is 0.819. The predicted octanol–water partition coefficient (Wildman–Crippen LogP) is 3.32. The Morgan fingerprint density at radius 1 is 1.00 bits per heavy atom. The van der Waals surface area contributed by atoms with Crippen molar-refractivity contribution in [3.8, 4) is 0 Å². The van der Waals surface area contributed by atoms with Gasteiger partial charge in [0.2, 0.25) is 0 Å². The summed E-state index contributed by atoms with van der Waals surface area (Å²) < 4.78 is 0. The molecule has 0 amide bonds. The van der Waals surface area contributed by atoms with Gasteiger partial charge < -0.3 is 9.90 Å². The maximum absolute atomic E-state index is 10.1. The highest BCUT2D eigenvalue weighted by Crippen LogP contribution is 2.12. The first-order valence-corrected chi connectivity index (χ1v) is 6.28. The number of carbonyl (C=O) groups is 1. The third kappa shape index (κ3) is 11.6. The molecular formula is C13H26O2. The van der Waals surface area contributed by atoms with Crippen LogP contribution in [0, 0.1) is 5.92 Å². The lowest BCUT2D eigenvalue weighted by atomic mass is 10.0. The second-order valence-corrected chi connectivity index (χ2v) is 4.80. The van der Waals surface area contributed by atoms with Gasteiger partial charge in [-0.15, -0.1) is 0 Å². The minimum Gasteiger partial charge on any atom is -0.393 e. The van der Waals surface area contributed by atoms with Gasteiger partial charge in [0, 0.05) is 6.42 Å². The lowest BCUT2D eigenvalue weighted by Crippen LogP contribution is -2.06. The molecule has 0 aromatic rings. The van der Waals surface area contributed by atoms with Crippen LogP contribution in [-0.2, 0) is 4.79 Å². The van der Waals surface area contributed by atoms with Gasteiger partial charge in [-0.1, -0.05) is 52.4 Å². The Bertz CT molecular complexity index is 143. The first kappa shape index (κ1) is 14.6. The van der Waals surface area contributed by atoms with E-state index < -0.39 is 6.10 Å². The number of aliphatic hydroxyl groups is 1. The molecule has 0 fully saturated rings. The molecule has 0 rings (SSSR count). The van der Waals surface area contributed by atoms with Gasteiger partial charge in [0.05, 0.1) is 6.10 Å². The Kier molecular flexibility index (Phi) is 9.91. The van der Waals surface area contributed by atoms with Crippen molar-refractivity contribution in [2.45, 2.75) is 71.3 Å². The summed E-state index contributed by atoms with van der Waals surface area (Å²) in [6.45, 7) is 4.52. The fourth-order valence-electron chi connectivity index (χ4n) is 1.69. The van der Waals surface area contributed by atoms with Gasteiger partial charge >= 0.3 is 0 Å². The van der Waals surface area contributed by atoms with Gasteiger partial charge in [0.15, 0.2) is 0 Å². The number of aldehydes is 1. The highest BCUT2D eigenvalue weighted by atomic mass is 16.3. The van der Waals surface area contributed by atoms with Gasteiger partial charge in [-0.25, -0.2) is 0 Å². The van der Waals surface area contributed by atoms with E-state index in [0.717, 1.165) is 25.0 Å². The smallest absolute Gasteiger partial charge is 0.122 e. The van der Waals surface area contributed by atoms with E-state index in [1.54, 1.807) is 0 Å². The van der Waals surface area contributed by atoms with Crippen molar-refractivity contribution >= 4 is 6.29 Å². The maximum Gasteiger partial charge on any atom is 0.122 e. The summed E-state index contributed by atoms with van der Waals surface area (Å²) in [5, 5.41) is 9.29. The van der Waals surface area contributed by atoms with E-state index in [2.05, 4.69) is 13.8 Å². The molecule has 0 spiro atoms. The zero-order valence-corrected chi connectivity index (χ0v) is 10.2. The predicted molar refractivity (Wildman–Crippen MR) is 63.8 cm³/mol. The Morgan fingerprint density at radius 2 is 1.53 bits per heavy atom. The average molecular weight is 214 g/mol. The van der Waals surface area contributed by atoms with E-state index in [0.29, 0.717) is 6.42 Å². The Labute approximate surface area is 94.1 Å². The summed E-state index contributed by atoms with van der Waals surface area (Å²) in [5.41, 5.74) is 0. The van der Waals surface area contributed by atoms with Gasteiger partial charge in [0.25, 0.3) is 0 Å². The summed E-state index contributed by atoms with van der Waals surface area (Å²) in [6, 6.07) is 0. The molecule has 0 aliphatic carbocycles. The van der Waals surface area contributed by atoms with E-state index in [-0.39, 0.29) is 0 Å². The number of aliphatic hydroxyl groups excluding tert-OH is 1. The first-order valence-electron chi connectivity index (χ1n) is 6.28. The van der Waals surface area contributed by atoms with Crippen molar-refractivity contribution in [2.75, 3.05) is 0 Å². The summed E-state index contributed by atoms with van der Waals surface area (Å²) in [4.78, 5) is 10.1. The third-order valence-electron chi connectivity index (χ3n) is 2.69. The van der Waals surface area contributed by atoms with Gasteiger partial charge in [-0.3, -0.25) is 0 Å². The van der Waals surface area contributed by atoms with E-state index in [1.165, 1.54) is 32.1 Å². The summed E-state index contributed by atoms with van der Waals surface area (Å²) in [6.07, 6.45) is 8.94. The van der Waals surface area contributed by atoms with Crippen molar-refractivity contribution < 1.29 is 9.90 Å². The van der Waals surface area contributed by atoms with Crippen LogP contribution in [0.15, 0.2) is 0 Å². The molecule has 0 aromatic heterocycles. The number of unbranched alkanes of at least 4 members (excludes halogenated alkanes) is 4. The zero-order valence-electron chi connectivity index (χ0n) is 10.2. The Hall–Kier alpha value is -0.370. The molecular weight excluding hydrogens is 188 g/mol. The van der Waals surface area contributed by atoms with E-state index in [1.807, 2.05) is 0 Å². The monoisotopic (exact) mass is 214 g/mol. The third-order valence-corrected chi connectivity index (χ3v) is 2.69. The average Bonchev–Trinajstić information content (AvgIpc) is 2.16. The van der Waals surface area contributed by atoms with Crippen molar-refractivity contribution in [1.82, 2.24) is 0 Å². The molecule has 0 radical (unpaired) electrons. The quantitative estimate of drug-likeness (QED) is 0.447. The van der Waals surface area contributed by atoms with Crippen LogP contribution in [0.3, 0.4) is 0 Å². The van der Waals surface area contributed by atoms with Crippen molar-refractivity contribution in [3.63, 3.8) is 0 Å². The lowest BCUT2D eigenvalue weighted by Gasteiger charge is -2.07. The molecule has 0 aliphatic rings. The van der Waals surface area contributed by atoms with Gasteiger partial charge in [-0.2, -0.15) is 0 Å². The van der Waals surface area contributed by atoms with E-state index >= 15 is 0 Å². The van der Waals surface area contributed by atoms with Crippen LogP contribution in [0.4, 0.5) is 0 Å². The molecule has 2 heteroatoms. The van der Waals surface area contributed by atoms with E-state index in [4.69, 9.17) is 0 Å². The number of carbonyl (C=O) groups excluding carboxylic acids is 1. The summed E-state index contributed by atoms with van der Waals surface area (Å²) in [7, 11) is 0. The number of hydrogen-bond acceptors (Lipinski definition) is 2. The summed E-state index contributed by atoms with van der Waals surface area (Å²) >= 11 is 0. The normalized spacial score (nSPS) is 13.1. The molecule has 2 nitrogen and oxygen atoms in total. The topological polar surface area (TPSA) is 37.3 Å². The van der Waals surface area contributed by atoms with Crippen molar-refractivity contribution in [3.05, 3.63) is 0 Å². The van der Waals surface area contributed by atoms with Crippen LogP contribution in [0.5, 0.6) is 0 Å². The molecule has 0 bridgehead atoms. The second kappa shape index (κ2) is 10.2. The minimum absolute atomic E-state index is 0.299. The van der Waals surface area contributed by atoms with Gasteiger partial charge in [-0.05, 0) is 12.3 Å². The first-order chi connectivity index (χ1) is 7.16. The molecule has 1 atom stereocenters. The molecule has 0 heterocycles.